The predicted molar refractivity (Wildman–Crippen MR) is 89.1 cm³/mol. The molecule has 0 saturated carbocycles. The molecule has 1 heterocycles. The first-order valence-corrected chi connectivity index (χ1v) is 9.35. The molecule has 0 spiro atoms. The molecule has 1 saturated heterocycles. The van der Waals surface area contributed by atoms with E-state index in [1.165, 1.54) is 24.3 Å². The molecule has 1 fully saturated rings. The van der Waals surface area contributed by atoms with Gasteiger partial charge in [0.2, 0.25) is 0 Å². The third kappa shape index (κ3) is 3.68. The summed E-state index contributed by atoms with van der Waals surface area (Å²) in [6.07, 6.45) is -1.04. The number of rotatable bonds is 4. The third-order valence-corrected chi connectivity index (χ3v) is 5.80. The fraction of sp³-hybridized carbons (Fsp3) is 0.294. The van der Waals surface area contributed by atoms with E-state index >= 15 is 0 Å². The maximum absolute atomic E-state index is 13.5. The SMILES string of the molecule is O=S1(=O)C[C@@H](O)[C@H](N(Cc2cccc(F)c2)c2cccc(O)c2)C1. The molecular formula is C17H18FNO4S. The van der Waals surface area contributed by atoms with Gasteiger partial charge in [0.15, 0.2) is 9.84 Å². The van der Waals surface area contributed by atoms with E-state index in [1.807, 2.05) is 0 Å². The van der Waals surface area contributed by atoms with Crippen molar-refractivity contribution in [3.05, 3.63) is 59.9 Å². The lowest BCUT2D eigenvalue weighted by Gasteiger charge is -2.32. The van der Waals surface area contributed by atoms with Crippen LogP contribution in [0.5, 0.6) is 5.75 Å². The fourth-order valence-electron chi connectivity index (χ4n) is 3.01. The Labute approximate surface area is 139 Å². The largest absolute Gasteiger partial charge is 0.508 e. The van der Waals surface area contributed by atoms with Crippen LogP contribution in [0.15, 0.2) is 48.5 Å². The molecule has 2 aromatic carbocycles. The number of aromatic hydroxyl groups is 1. The summed E-state index contributed by atoms with van der Waals surface area (Å²) in [6.45, 7) is 0.221. The molecule has 0 unspecified atom stereocenters. The number of benzene rings is 2. The van der Waals surface area contributed by atoms with Crippen LogP contribution in [0, 0.1) is 5.82 Å². The van der Waals surface area contributed by atoms with E-state index in [0.717, 1.165) is 0 Å². The molecule has 0 radical (unpaired) electrons. The lowest BCUT2D eigenvalue weighted by molar-refractivity contribution is 0.177. The number of aliphatic hydroxyl groups excluding tert-OH is 1. The highest BCUT2D eigenvalue weighted by atomic mass is 32.2. The molecule has 1 aliphatic heterocycles. The fourth-order valence-corrected chi connectivity index (χ4v) is 4.81. The Bertz CT molecular complexity index is 840. The molecule has 5 nitrogen and oxygen atoms in total. The van der Waals surface area contributed by atoms with Gasteiger partial charge in [0, 0.05) is 18.3 Å². The van der Waals surface area contributed by atoms with Crippen LogP contribution < -0.4 is 4.90 Å². The lowest BCUT2D eigenvalue weighted by Crippen LogP contribution is -2.42. The van der Waals surface area contributed by atoms with Gasteiger partial charge in [-0.25, -0.2) is 12.8 Å². The second-order valence-corrected chi connectivity index (χ2v) is 8.14. The van der Waals surface area contributed by atoms with Gasteiger partial charge >= 0.3 is 0 Å². The molecule has 3 rings (SSSR count). The molecule has 2 N–H and O–H groups in total. The van der Waals surface area contributed by atoms with Gasteiger partial charge in [0.05, 0.1) is 23.7 Å². The lowest BCUT2D eigenvalue weighted by atomic mass is 10.1. The molecule has 0 bridgehead atoms. The van der Waals surface area contributed by atoms with Crippen molar-refractivity contribution >= 4 is 15.5 Å². The van der Waals surface area contributed by atoms with Crippen LogP contribution in [-0.4, -0.2) is 42.3 Å². The van der Waals surface area contributed by atoms with Gasteiger partial charge < -0.3 is 15.1 Å². The zero-order valence-corrected chi connectivity index (χ0v) is 13.7. The topological polar surface area (TPSA) is 77.8 Å². The van der Waals surface area contributed by atoms with Gasteiger partial charge in [-0.3, -0.25) is 0 Å². The number of aliphatic hydroxyl groups is 1. The van der Waals surface area contributed by atoms with E-state index in [0.29, 0.717) is 11.3 Å². The zero-order chi connectivity index (χ0) is 17.3. The van der Waals surface area contributed by atoms with E-state index in [4.69, 9.17) is 0 Å². The molecule has 2 aromatic rings. The highest BCUT2D eigenvalue weighted by Gasteiger charge is 2.40. The summed E-state index contributed by atoms with van der Waals surface area (Å²) < 4.78 is 37.2. The molecule has 2 atom stereocenters. The van der Waals surface area contributed by atoms with Crippen LogP contribution in [-0.2, 0) is 16.4 Å². The van der Waals surface area contributed by atoms with Crippen molar-refractivity contribution in [3.8, 4) is 5.75 Å². The van der Waals surface area contributed by atoms with Crippen molar-refractivity contribution in [2.45, 2.75) is 18.7 Å². The minimum Gasteiger partial charge on any atom is -0.508 e. The minimum atomic E-state index is -3.34. The summed E-state index contributed by atoms with van der Waals surface area (Å²) in [7, 11) is -3.34. The number of anilines is 1. The molecular weight excluding hydrogens is 333 g/mol. The van der Waals surface area contributed by atoms with E-state index in [-0.39, 0.29) is 29.6 Å². The molecule has 1 aliphatic rings. The van der Waals surface area contributed by atoms with Gasteiger partial charge in [-0.05, 0) is 29.8 Å². The van der Waals surface area contributed by atoms with Crippen molar-refractivity contribution in [2.24, 2.45) is 0 Å². The number of nitrogens with zero attached hydrogens (tertiary/aromatic N) is 1. The Hall–Kier alpha value is -2.12. The van der Waals surface area contributed by atoms with Crippen molar-refractivity contribution in [1.29, 1.82) is 0 Å². The average Bonchev–Trinajstić information content (AvgIpc) is 2.77. The summed E-state index contributed by atoms with van der Waals surface area (Å²) >= 11 is 0. The minimum absolute atomic E-state index is 0.0343. The summed E-state index contributed by atoms with van der Waals surface area (Å²) in [6, 6.07) is 11.7. The third-order valence-electron chi connectivity index (χ3n) is 4.10. The van der Waals surface area contributed by atoms with Crippen molar-refractivity contribution in [3.63, 3.8) is 0 Å². The van der Waals surface area contributed by atoms with E-state index in [1.54, 1.807) is 29.2 Å². The smallest absolute Gasteiger partial charge is 0.155 e. The summed E-state index contributed by atoms with van der Waals surface area (Å²) in [5, 5.41) is 19.9. The maximum Gasteiger partial charge on any atom is 0.155 e. The van der Waals surface area contributed by atoms with Crippen molar-refractivity contribution in [2.75, 3.05) is 16.4 Å². The number of phenolic OH excluding ortho intramolecular Hbond substituents is 1. The second-order valence-electron chi connectivity index (χ2n) is 5.99. The molecule has 0 aromatic heterocycles. The Morgan fingerprint density at radius 3 is 2.50 bits per heavy atom. The van der Waals surface area contributed by atoms with Gasteiger partial charge in [0.1, 0.15) is 11.6 Å². The van der Waals surface area contributed by atoms with Gasteiger partial charge in [-0.2, -0.15) is 0 Å². The molecule has 24 heavy (non-hydrogen) atoms. The van der Waals surface area contributed by atoms with Crippen LogP contribution in [0.2, 0.25) is 0 Å². The quantitative estimate of drug-likeness (QED) is 0.877. The Morgan fingerprint density at radius 1 is 1.12 bits per heavy atom. The summed E-state index contributed by atoms with van der Waals surface area (Å²) in [5.74, 6) is -0.829. The van der Waals surface area contributed by atoms with Crippen molar-refractivity contribution in [1.82, 2.24) is 0 Å². The van der Waals surface area contributed by atoms with E-state index in [9.17, 15) is 23.0 Å². The number of sulfone groups is 1. The predicted octanol–water partition coefficient (Wildman–Crippen LogP) is 1.70. The van der Waals surface area contributed by atoms with Crippen LogP contribution in [0.3, 0.4) is 0 Å². The highest BCUT2D eigenvalue weighted by Crippen LogP contribution is 2.29. The maximum atomic E-state index is 13.5. The number of hydrogen-bond donors (Lipinski definition) is 2. The van der Waals surface area contributed by atoms with Gasteiger partial charge in [0.25, 0.3) is 0 Å². The molecule has 128 valence electrons. The van der Waals surface area contributed by atoms with Gasteiger partial charge in [-0.15, -0.1) is 0 Å². The average molecular weight is 351 g/mol. The molecule has 0 aliphatic carbocycles. The molecule has 0 amide bonds. The Kier molecular flexibility index (Phi) is 4.47. The van der Waals surface area contributed by atoms with E-state index < -0.39 is 22.0 Å². The first-order valence-electron chi connectivity index (χ1n) is 7.53. The van der Waals surface area contributed by atoms with Crippen LogP contribution in [0.1, 0.15) is 5.56 Å². The Balaban J connectivity index is 1.98. The van der Waals surface area contributed by atoms with Crippen LogP contribution in [0.4, 0.5) is 10.1 Å². The van der Waals surface area contributed by atoms with Crippen molar-refractivity contribution < 1.29 is 23.0 Å². The monoisotopic (exact) mass is 351 g/mol. The first-order chi connectivity index (χ1) is 11.3. The Morgan fingerprint density at radius 2 is 1.88 bits per heavy atom. The van der Waals surface area contributed by atoms with Gasteiger partial charge in [-0.1, -0.05) is 18.2 Å². The summed E-state index contributed by atoms with van der Waals surface area (Å²) in [5.41, 5.74) is 1.22. The number of phenols is 1. The highest BCUT2D eigenvalue weighted by molar-refractivity contribution is 7.91. The number of halogens is 1. The standard InChI is InChI=1S/C17H18FNO4S/c18-13-4-1-3-12(7-13)9-19(14-5-2-6-15(20)8-14)16-10-24(22,23)11-17(16)21/h1-8,16-17,20-21H,9-11H2/t16-,17-/m1/s1. The second kappa shape index (κ2) is 6.41. The van der Waals surface area contributed by atoms with Crippen LogP contribution in [0.25, 0.3) is 0 Å². The van der Waals surface area contributed by atoms with Crippen LogP contribution >= 0.6 is 0 Å². The normalized spacial score (nSPS) is 22.4. The zero-order valence-electron chi connectivity index (χ0n) is 12.8. The molecule has 7 heteroatoms. The van der Waals surface area contributed by atoms with E-state index in [2.05, 4.69) is 0 Å². The summed E-state index contributed by atoms with van der Waals surface area (Å²) in [4.78, 5) is 1.70. The number of hydrogen-bond acceptors (Lipinski definition) is 5. The first kappa shape index (κ1) is 16.7.